The first kappa shape index (κ1) is 23.0. The van der Waals surface area contributed by atoms with Gasteiger partial charge in [0.05, 0.1) is 10.5 Å². The van der Waals surface area contributed by atoms with Gasteiger partial charge in [-0.3, -0.25) is 9.98 Å². The van der Waals surface area contributed by atoms with Gasteiger partial charge in [-0.05, 0) is 61.9 Å². The maximum Gasteiger partial charge on any atom is 0.107 e. The number of hydrogen-bond acceptors (Lipinski definition) is 4. The summed E-state index contributed by atoms with van der Waals surface area (Å²) in [5.74, 6) is 0. The first-order valence-electron chi connectivity index (χ1n) is 10.6. The zero-order valence-electron chi connectivity index (χ0n) is 18.6. The summed E-state index contributed by atoms with van der Waals surface area (Å²) in [6.45, 7) is 5.72. The highest BCUT2D eigenvalue weighted by Gasteiger charge is 2.20. The molecule has 1 atom stereocenters. The Kier molecular flexibility index (Phi) is 7.47. The van der Waals surface area contributed by atoms with Crippen LogP contribution in [0.1, 0.15) is 49.3 Å². The van der Waals surface area contributed by atoms with E-state index >= 15 is 0 Å². The minimum Gasteiger partial charge on any atom is -0.402 e. The average Bonchev–Trinajstić information content (AvgIpc) is 2.78. The standard InChI is InChI=1S/C26H30ClN3O/c1-5-22-20(13-11-18-9-7-6-8-10-18)25(27)21-15-19(12-14-23(21)30-22)26(31)24(16(2)28)17(3)29-4/h6-10,12,14-15,26,31H,5,11,13,28H2,1-4H3. The number of allylic oxidation sites excluding steroid dienone is 1. The number of aliphatic hydroxyl groups excluding tert-OH is 1. The molecule has 0 saturated heterocycles. The van der Waals surface area contributed by atoms with Crippen molar-refractivity contribution in [2.24, 2.45) is 10.7 Å². The molecule has 162 valence electrons. The Morgan fingerprint density at radius 2 is 1.84 bits per heavy atom. The van der Waals surface area contributed by atoms with Crippen molar-refractivity contribution in [1.29, 1.82) is 0 Å². The summed E-state index contributed by atoms with van der Waals surface area (Å²) in [5, 5.41) is 12.6. The maximum atomic E-state index is 11.0. The van der Waals surface area contributed by atoms with E-state index in [-0.39, 0.29) is 0 Å². The van der Waals surface area contributed by atoms with Gasteiger partial charge in [0.25, 0.3) is 0 Å². The summed E-state index contributed by atoms with van der Waals surface area (Å²) in [5.41, 5.74) is 12.8. The molecule has 31 heavy (non-hydrogen) atoms. The number of aliphatic imine (C=N–C) groups is 1. The van der Waals surface area contributed by atoms with E-state index in [1.54, 1.807) is 14.0 Å². The van der Waals surface area contributed by atoms with Crippen LogP contribution in [-0.2, 0) is 19.3 Å². The van der Waals surface area contributed by atoms with Crippen LogP contribution in [0, 0.1) is 0 Å². The van der Waals surface area contributed by atoms with Gasteiger partial charge in [-0.15, -0.1) is 0 Å². The summed E-state index contributed by atoms with van der Waals surface area (Å²) in [6, 6.07) is 16.1. The molecule has 0 aliphatic carbocycles. The lowest BCUT2D eigenvalue weighted by Gasteiger charge is -2.19. The van der Waals surface area contributed by atoms with E-state index in [1.165, 1.54) is 5.56 Å². The van der Waals surface area contributed by atoms with Crippen LogP contribution in [0.3, 0.4) is 0 Å². The van der Waals surface area contributed by atoms with Gasteiger partial charge in [0, 0.05) is 35.1 Å². The molecular weight excluding hydrogens is 406 g/mol. The normalized spacial score (nSPS) is 13.9. The molecule has 0 fully saturated rings. The number of fused-ring (bicyclic) bond motifs is 1. The van der Waals surface area contributed by atoms with Crippen molar-refractivity contribution in [3.63, 3.8) is 0 Å². The van der Waals surface area contributed by atoms with Crippen LogP contribution in [-0.4, -0.2) is 22.8 Å². The number of nitrogens with zero attached hydrogens (tertiary/aromatic N) is 2. The van der Waals surface area contributed by atoms with Gasteiger partial charge in [-0.25, -0.2) is 0 Å². The third-order valence-electron chi connectivity index (χ3n) is 5.71. The Labute approximate surface area is 189 Å². The summed E-state index contributed by atoms with van der Waals surface area (Å²) in [4.78, 5) is 9.08. The first-order valence-corrected chi connectivity index (χ1v) is 11.0. The molecule has 5 heteroatoms. The lowest BCUT2D eigenvalue weighted by Crippen LogP contribution is -2.15. The van der Waals surface area contributed by atoms with E-state index < -0.39 is 6.10 Å². The van der Waals surface area contributed by atoms with Gasteiger partial charge in [-0.2, -0.15) is 0 Å². The van der Waals surface area contributed by atoms with Crippen LogP contribution >= 0.6 is 11.6 Å². The van der Waals surface area contributed by atoms with Crippen LogP contribution in [0.4, 0.5) is 0 Å². The molecule has 2 aromatic carbocycles. The Morgan fingerprint density at radius 3 is 2.45 bits per heavy atom. The highest BCUT2D eigenvalue weighted by molar-refractivity contribution is 6.36. The number of halogens is 1. The van der Waals surface area contributed by atoms with Crippen LogP contribution in [0.15, 0.2) is 64.8 Å². The molecule has 0 spiro atoms. The van der Waals surface area contributed by atoms with Crippen molar-refractivity contribution in [3.8, 4) is 0 Å². The predicted octanol–water partition coefficient (Wildman–Crippen LogP) is 5.59. The fourth-order valence-electron chi connectivity index (χ4n) is 3.95. The van der Waals surface area contributed by atoms with E-state index in [4.69, 9.17) is 22.3 Å². The van der Waals surface area contributed by atoms with Crippen molar-refractivity contribution >= 4 is 28.2 Å². The minimum absolute atomic E-state index is 0.546. The number of rotatable bonds is 7. The largest absolute Gasteiger partial charge is 0.402 e. The zero-order chi connectivity index (χ0) is 22.5. The molecule has 0 amide bonds. The van der Waals surface area contributed by atoms with E-state index in [1.807, 2.05) is 31.2 Å². The third-order valence-corrected chi connectivity index (χ3v) is 6.14. The molecule has 0 aliphatic rings. The topological polar surface area (TPSA) is 71.5 Å². The van der Waals surface area contributed by atoms with E-state index in [2.05, 4.69) is 36.2 Å². The van der Waals surface area contributed by atoms with Gasteiger partial charge < -0.3 is 10.8 Å². The van der Waals surface area contributed by atoms with Crippen molar-refractivity contribution in [2.45, 2.75) is 46.1 Å². The number of aromatic nitrogens is 1. The molecule has 3 aromatic rings. The Morgan fingerprint density at radius 1 is 1.13 bits per heavy atom. The van der Waals surface area contributed by atoms with Crippen LogP contribution in [0.25, 0.3) is 10.9 Å². The summed E-state index contributed by atoms with van der Waals surface area (Å²) >= 11 is 6.92. The first-order chi connectivity index (χ1) is 14.9. The molecule has 0 bridgehead atoms. The third kappa shape index (κ3) is 4.97. The lowest BCUT2D eigenvalue weighted by molar-refractivity contribution is 0.221. The molecular formula is C26H30ClN3O. The van der Waals surface area contributed by atoms with E-state index in [9.17, 15) is 5.11 Å². The molecule has 4 nitrogen and oxygen atoms in total. The molecule has 1 aromatic heterocycles. The highest BCUT2D eigenvalue weighted by Crippen LogP contribution is 2.33. The second-order valence-electron chi connectivity index (χ2n) is 7.78. The average molecular weight is 436 g/mol. The lowest BCUT2D eigenvalue weighted by atomic mass is 9.94. The molecule has 0 aliphatic heterocycles. The fraction of sp³-hybridized carbons (Fsp3) is 0.308. The minimum atomic E-state index is -0.882. The van der Waals surface area contributed by atoms with Gasteiger partial charge in [0.15, 0.2) is 0 Å². The summed E-state index contributed by atoms with van der Waals surface area (Å²) in [7, 11) is 1.69. The van der Waals surface area contributed by atoms with Gasteiger partial charge in [0.2, 0.25) is 0 Å². The Hall–Kier alpha value is -2.69. The molecule has 3 N–H and O–H groups in total. The molecule has 0 saturated carbocycles. The van der Waals surface area contributed by atoms with Crippen molar-refractivity contribution < 1.29 is 5.11 Å². The fourth-order valence-corrected chi connectivity index (χ4v) is 4.30. The molecule has 3 rings (SSSR count). The number of pyridine rings is 1. The van der Waals surface area contributed by atoms with Crippen molar-refractivity contribution in [1.82, 2.24) is 4.98 Å². The Balaban J connectivity index is 2.05. The zero-order valence-corrected chi connectivity index (χ0v) is 19.4. The van der Waals surface area contributed by atoms with Crippen LogP contribution < -0.4 is 5.73 Å². The van der Waals surface area contributed by atoms with Crippen molar-refractivity contribution in [3.05, 3.63) is 87.2 Å². The van der Waals surface area contributed by atoms with Gasteiger partial charge in [0.1, 0.15) is 6.10 Å². The van der Waals surface area contributed by atoms with Crippen LogP contribution in [0.5, 0.6) is 0 Å². The monoisotopic (exact) mass is 435 g/mol. The molecule has 0 radical (unpaired) electrons. The summed E-state index contributed by atoms with van der Waals surface area (Å²) in [6.07, 6.45) is 1.65. The number of benzene rings is 2. The smallest absolute Gasteiger partial charge is 0.107 e. The quantitative estimate of drug-likeness (QED) is 0.475. The SMILES string of the molecule is CCc1nc2ccc(C(O)C(C(C)=NC)=C(C)N)cc2c(Cl)c1CCc1ccccc1. The number of aliphatic hydroxyl groups is 1. The molecule has 1 heterocycles. The maximum absolute atomic E-state index is 11.0. The van der Waals surface area contributed by atoms with E-state index in [0.717, 1.165) is 47.0 Å². The number of nitrogens with two attached hydrogens (primary N) is 1. The highest BCUT2D eigenvalue weighted by atomic mass is 35.5. The second-order valence-corrected chi connectivity index (χ2v) is 8.15. The summed E-state index contributed by atoms with van der Waals surface area (Å²) < 4.78 is 0. The Bertz CT molecular complexity index is 1130. The predicted molar refractivity (Wildman–Crippen MR) is 131 cm³/mol. The van der Waals surface area contributed by atoms with Gasteiger partial charge in [-0.1, -0.05) is 54.9 Å². The van der Waals surface area contributed by atoms with E-state index in [0.29, 0.717) is 22.0 Å². The number of hydrogen-bond donors (Lipinski definition) is 2. The second kappa shape index (κ2) is 10.1. The van der Waals surface area contributed by atoms with Crippen LogP contribution in [0.2, 0.25) is 5.02 Å². The van der Waals surface area contributed by atoms with Gasteiger partial charge >= 0.3 is 0 Å². The van der Waals surface area contributed by atoms with Crippen molar-refractivity contribution in [2.75, 3.05) is 7.05 Å². The molecule has 1 unspecified atom stereocenters. The number of aryl methyl sites for hydroxylation is 2.